The van der Waals surface area contributed by atoms with Crippen LogP contribution in [0.4, 0.5) is 5.69 Å². The molecule has 7 nitrogen and oxygen atoms in total. The summed E-state index contributed by atoms with van der Waals surface area (Å²) in [6, 6.07) is 7.78. The second kappa shape index (κ2) is 7.28. The average molecular weight is 353 g/mol. The van der Waals surface area contributed by atoms with Crippen molar-refractivity contribution in [1.29, 1.82) is 0 Å². The fourth-order valence-electron chi connectivity index (χ4n) is 3.11. The first-order chi connectivity index (χ1) is 12.5. The van der Waals surface area contributed by atoms with Crippen LogP contribution >= 0.6 is 0 Å². The maximum absolute atomic E-state index is 11.9. The average Bonchev–Trinajstić information content (AvgIpc) is 2.96. The van der Waals surface area contributed by atoms with Gasteiger partial charge in [0.15, 0.2) is 5.78 Å². The number of allylic oxidation sites excluding steroid dienone is 7. The number of nitrogens with one attached hydrogen (secondary N) is 1. The van der Waals surface area contributed by atoms with E-state index in [9.17, 15) is 19.7 Å². The molecule has 2 aliphatic rings. The van der Waals surface area contributed by atoms with Crippen LogP contribution in [-0.4, -0.2) is 28.3 Å². The van der Waals surface area contributed by atoms with Gasteiger partial charge in [0.1, 0.15) is 11.4 Å². The number of fused-ring (bicyclic) bond motifs is 1. The Morgan fingerprint density at radius 2 is 2.04 bits per heavy atom. The summed E-state index contributed by atoms with van der Waals surface area (Å²) >= 11 is 0. The number of nitrogens with zero attached hydrogens (tertiary/aromatic N) is 1. The van der Waals surface area contributed by atoms with Crippen LogP contribution in [0, 0.1) is 10.1 Å². The van der Waals surface area contributed by atoms with Crippen molar-refractivity contribution in [3.05, 3.63) is 87.3 Å². The Morgan fingerprint density at radius 3 is 2.77 bits per heavy atom. The number of carboxylic acid groups (broad SMARTS) is 1. The van der Waals surface area contributed by atoms with Crippen LogP contribution in [-0.2, 0) is 16.0 Å². The van der Waals surface area contributed by atoms with Crippen molar-refractivity contribution < 1.29 is 24.5 Å². The quantitative estimate of drug-likeness (QED) is 0.473. The number of para-hydroxylation sites is 1. The lowest BCUT2D eigenvalue weighted by Crippen LogP contribution is -3.04. The molecule has 0 radical (unpaired) electrons. The lowest BCUT2D eigenvalue weighted by atomic mass is 10.0. The van der Waals surface area contributed by atoms with Gasteiger partial charge < -0.3 is 5.11 Å². The number of benzene rings is 1. The number of hydrogen-bond donors (Lipinski definition) is 2. The SMILES string of the molecule is O=C(O)CC[NH+]1C(=CC=C2C=C([N+](=O)[O-])C=CC2=O)Cc2ccccc21. The Bertz CT molecular complexity index is 908. The van der Waals surface area contributed by atoms with Gasteiger partial charge in [0.25, 0.3) is 5.70 Å². The van der Waals surface area contributed by atoms with Crippen molar-refractivity contribution in [3.8, 4) is 0 Å². The van der Waals surface area contributed by atoms with E-state index < -0.39 is 10.9 Å². The molecule has 1 aromatic carbocycles. The molecule has 26 heavy (non-hydrogen) atoms. The summed E-state index contributed by atoms with van der Waals surface area (Å²) < 4.78 is 0. The second-order valence-electron chi connectivity index (χ2n) is 6.04. The number of quaternary nitrogens is 1. The molecule has 0 amide bonds. The Labute approximate surface area is 149 Å². The van der Waals surface area contributed by atoms with E-state index in [1.165, 1.54) is 18.2 Å². The minimum Gasteiger partial charge on any atom is -0.481 e. The van der Waals surface area contributed by atoms with Gasteiger partial charge in [0.05, 0.1) is 24.3 Å². The Morgan fingerprint density at radius 1 is 1.27 bits per heavy atom. The highest BCUT2D eigenvalue weighted by atomic mass is 16.6. The normalized spacial score (nSPS) is 21.8. The van der Waals surface area contributed by atoms with Crippen LogP contribution in [0.5, 0.6) is 0 Å². The highest BCUT2D eigenvalue weighted by Crippen LogP contribution is 2.21. The van der Waals surface area contributed by atoms with Crippen molar-refractivity contribution >= 4 is 17.4 Å². The van der Waals surface area contributed by atoms with Crippen molar-refractivity contribution in [1.82, 2.24) is 0 Å². The topological polar surface area (TPSA) is 102 Å². The van der Waals surface area contributed by atoms with E-state index in [1.54, 1.807) is 12.2 Å². The molecule has 132 valence electrons. The van der Waals surface area contributed by atoms with Gasteiger partial charge >= 0.3 is 5.97 Å². The molecule has 0 aromatic heterocycles. The lowest BCUT2D eigenvalue weighted by Gasteiger charge is -2.13. The molecule has 1 aliphatic heterocycles. The molecule has 1 heterocycles. The monoisotopic (exact) mass is 353 g/mol. The fourth-order valence-corrected chi connectivity index (χ4v) is 3.11. The molecule has 0 fully saturated rings. The van der Waals surface area contributed by atoms with Gasteiger partial charge in [-0.3, -0.25) is 24.6 Å². The van der Waals surface area contributed by atoms with Crippen LogP contribution in [0.15, 0.2) is 71.6 Å². The highest BCUT2D eigenvalue weighted by molar-refractivity contribution is 6.07. The largest absolute Gasteiger partial charge is 0.481 e. The van der Waals surface area contributed by atoms with E-state index in [2.05, 4.69) is 0 Å². The zero-order valence-electron chi connectivity index (χ0n) is 13.8. The Hall–Kier alpha value is -3.32. The fraction of sp³-hybridized carbons (Fsp3) is 0.158. The van der Waals surface area contributed by atoms with Crippen LogP contribution < -0.4 is 4.90 Å². The number of aliphatic carboxylic acids is 1. The minimum absolute atomic E-state index is 0.0185. The molecule has 2 N–H and O–H groups in total. The zero-order chi connectivity index (χ0) is 18.7. The third-order valence-corrected chi connectivity index (χ3v) is 4.37. The highest BCUT2D eigenvalue weighted by Gasteiger charge is 2.29. The number of carbonyl (C=O) groups is 2. The molecule has 0 saturated carbocycles. The summed E-state index contributed by atoms with van der Waals surface area (Å²) in [5.41, 5.74) is 3.15. The summed E-state index contributed by atoms with van der Waals surface area (Å²) in [5, 5.41) is 19.9. The van der Waals surface area contributed by atoms with Gasteiger partial charge in [-0.05, 0) is 24.3 Å². The second-order valence-corrected chi connectivity index (χ2v) is 6.04. The molecular weight excluding hydrogens is 336 g/mol. The van der Waals surface area contributed by atoms with Crippen molar-refractivity contribution in [3.63, 3.8) is 0 Å². The molecule has 1 atom stereocenters. The van der Waals surface area contributed by atoms with E-state index >= 15 is 0 Å². The van der Waals surface area contributed by atoms with E-state index in [1.807, 2.05) is 24.3 Å². The van der Waals surface area contributed by atoms with Gasteiger partial charge in [-0.25, -0.2) is 0 Å². The van der Waals surface area contributed by atoms with Crippen molar-refractivity contribution in [2.75, 3.05) is 6.54 Å². The predicted octanol–water partition coefficient (Wildman–Crippen LogP) is 1.34. The maximum atomic E-state index is 11.9. The molecule has 1 aromatic rings. The van der Waals surface area contributed by atoms with Crippen LogP contribution in [0.2, 0.25) is 0 Å². The first-order valence-electron chi connectivity index (χ1n) is 8.11. The molecule has 0 saturated heterocycles. The number of ketones is 1. The van der Waals surface area contributed by atoms with Crippen molar-refractivity contribution in [2.45, 2.75) is 12.8 Å². The van der Waals surface area contributed by atoms with E-state index in [0.29, 0.717) is 13.0 Å². The molecule has 0 spiro atoms. The van der Waals surface area contributed by atoms with E-state index in [0.717, 1.165) is 21.8 Å². The van der Waals surface area contributed by atoms with E-state index in [-0.39, 0.29) is 23.5 Å². The third kappa shape index (κ3) is 3.68. The van der Waals surface area contributed by atoms with Crippen LogP contribution in [0.3, 0.4) is 0 Å². The molecule has 7 heteroatoms. The van der Waals surface area contributed by atoms with Crippen molar-refractivity contribution in [2.24, 2.45) is 0 Å². The van der Waals surface area contributed by atoms with Gasteiger partial charge in [-0.1, -0.05) is 18.2 Å². The molecule has 1 aliphatic carbocycles. The molecular formula is C19H17N2O5+. The molecule has 3 rings (SSSR count). The summed E-state index contributed by atoms with van der Waals surface area (Å²) in [6.07, 6.45) is 7.60. The van der Waals surface area contributed by atoms with Gasteiger partial charge in [-0.2, -0.15) is 0 Å². The standard InChI is InChI=1S/C19H16N2O5/c22-18-8-7-16(21(25)26)12-14(18)5-6-15-11-13-3-1-2-4-17(13)20(15)10-9-19(23)24/h1-8,12H,9-11H2,(H,23,24)/p+1. The summed E-state index contributed by atoms with van der Waals surface area (Å²) in [7, 11) is 0. The summed E-state index contributed by atoms with van der Waals surface area (Å²) in [5.74, 6) is -1.17. The summed E-state index contributed by atoms with van der Waals surface area (Å²) in [6.45, 7) is 0.394. The minimum atomic E-state index is -0.870. The number of carbonyl (C=O) groups excluding carboxylic acids is 1. The Kier molecular flexibility index (Phi) is 4.90. The number of carboxylic acids is 1. The maximum Gasteiger partial charge on any atom is 0.309 e. The smallest absolute Gasteiger partial charge is 0.309 e. The first-order valence-corrected chi connectivity index (χ1v) is 8.11. The number of hydrogen-bond acceptors (Lipinski definition) is 4. The Balaban J connectivity index is 1.91. The predicted molar refractivity (Wildman–Crippen MR) is 93.3 cm³/mol. The zero-order valence-corrected chi connectivity index (χ0v) is 13.8. The van der Waals surface area contributed by atoms with Gasteiger partial charge in [-0.15, -0.1) is 0 Å². The lowest BCUT2D eigenvalue weighted by molar-refractivity contribution is -0.785. The first kappa shape index (κ1) is 17.5. The molecule has 0 bridgehead atoms. The number of rotatable bonds is 5. The van der Waals surface area contributed by atoms with Crippen LogP contribution in [0.25, 0.3) is 0 Å². The van der Waals surface area contributed by atoms with Crippen LogP contribution in [0.1, 0.15) is 12.0 Å². The molecule has 1 unspecified atom stereocenters. The summed E-state index contributed by atoms with van der Waals surface area (Å²) in [4.78, 5) is 34.2. The third-order valence-electron chi connectivity index (χ3n) is 4.37. The van der Waals surface area contributed by atoms with Gasteiger partial charge in [0, 0.05) is 23.3 Å². The van der Waals surface area contributed by atoms with E-state index in [4.69, 9.17) is 5.11 Å². The van der Waals surface area contributed by atoms with Gasteiger partial charge in [0.2, 0.25) is 0 Å². The number of nitro groups is 1.